The summed E-state index contributed by atoms with van der Waals surface area (Å²) in [7, 11) is 1.46. The van der Waals surface area contributed by atoms with E-state index in [2.05, 4.69) is 9.97 Å². The minimum absolute atomic E-state index is 0.213. The molecule has 0 saturated carbocycles. The normalized spacial score (nSPS) is 13.2. The minimum atomic E-state index is -4.42. The number of rotatable bonds is 3. The van der Waals surface area contributed by atoms with Crippen molar-refractivity contribution in [1.29, 1.82) is 0 Å². The van der Waals surface area contributed by atoms with E-state index in [1.165, 1.54) is 13.2 Å². The SMILES string of the molecule is COc1cc([S+](C)[O-])ccc1-c1nc2cc(C(F)(F)F)ccc2[nH]1. The van der Waals surface area contributed by atoms with Crippen LogP contribution in [-0.2, 0) is 17.4 Å². The Morgan fingerprint density at radius 1 is 1.17 bits per heavy atom. The number of hydrogen-bond acceptors (Lipinski definition) is 3. The zero-order valence-corrected chi connectivity index (χ0v) is 13.6. The van der Waals surface area contributed by atoms with Gasteiger partial charge in [0.05, 0.1) is 29.3 Å². The van der Waals surface area contributed by atoms with Gasteiger partial charge in [-0.05, 0) is 41.5 Å². The number of halogens is 3. The van der Waals surface area contributed by atoms with Gasteiger partial charge in [0.1, 0.15) is 17.8 Å². The van der Waals surface area contributed by atoms with E-state index >= 15 is 0 Å². The lowest BCUT2D eigenvalue weighted by Gasteiger charge is -2.09. The van der Waals surface area contributed by atoms with Gasteiger partial charge in [-0.3, -0.25) is 0 Å². The molecule has 0 aliphatic carbocycles. The Hall–Kier alpha value is -2.19. The number of nitrogens with one attached hydrogen (secondary N) is 1. The number of imidazole rings is 1. The predicted molar refractivity (Wildman–Crippen MR) is 85.4 cm³/mol. The molecule has 3 rings (SSSR count). The first-order valence-corrected chi connectivity index (χ1v) is 8.44. The van der Waals surface area contributed by atoms with E-state index in [0.717, 1.165) is 12.1 Å². The van der Waals surface area contributed by atoms with Crippen LogP contribution in [0.3, 0.4) is 0 Å². The van der Waals surface area contributed by atoms with Crippen molar-refractivity contribution in [2.75, 3.05) is 13.4 Å². The quantitative estimate of drug-likeness (QED) is 0.724. The smallest absolute Gasteiger partial charge is 0.416 e. The van der Waals surface area contributed by atoms with Gasteiger partial charge in [-0.2, -0.15) is 13.2 Å². The van der Waals surface area contributed by atoms with E-state index in [4.69, 9.17) is 4.74 Å². The molecule has 0 fully saturated rings. The highest BCUT2D eigenvalue weighted by Crippen LogP contribution is 2.34. The summed E-state index contributed by atoms with van der Waals surface area (Å²) < 4.78 is 55.2. The van der Waals surface area contributed by atoms with E-state index < -0.39 is 22.9 Å². The molecule has 0 aliphatic heterocycles. The largest absolute Gasteiger partial charge is 0.612 e. The van der Waals surface area contributed by atoms with Gasteiger partial charge in [0, 0.05) is 6.07 Å². The molecule has 2 aromatic carbocycles. The maximum atomic E-state index is 12.8. The molecular weight excluding hydrogens is 341 g/mol. The highest BCUT2D eigenvalue weighted by atomic mass is 32.2. The summed E-state index contributed by atoms with van der Waals surface area (Å²) >= 11 is -1.17. The first-order valence-electron chi connectivity index (χ1n) is 6.88. The van der Waals surface area contributed by atoms with Crippen molar-refractivity contribution in [3.63, 3.8) is 0 Å². The van der Waals surface area contributed by atoms with Crippen LogP contribution in [0.2, 0.25) is 0 Å². The van der Waals surface area contributed by atoms with Gasteiger partial charge in [-0.15, -0.1) is 0 Å². The number of benzene rings is 2. The van der Waals surface area contributed by atoms with Crippen LogP contribution in [0.4, 0.5) is 13.2 Å². The molecule has 0 bridgehead atoms. The molecule has 0 amide bonds. The molecule has 4 nitrogen and oxygen atoms in total. The third-order valence-electron chi connectivity index (χ3n) is 3.57. The summed E-state index contributed by atoms with van der Waals surface area (Å²) in [4.78, 5) is 7.80. The number of methoxy groups -OCH3 is 1. The number of aromatic amines is 1. The molecule has 8 heteroatoms. The fraction of sp³-hybridized carbons (Fsp3) is 0.188. The summed E-state index contributed by atoms with van der Waals surface area (Å²) in [5, 5.41) is 0. The zero-order valence-electron chi connectivity index (χ0n) is 12.8. The second kappa shape index (κ2) is 6.03. The third-order valence-corrected chi connectivity index (χ3v) is 4.49. The van der Waals surface area contributed by atoms with Gasteiger partial charge >= 0.3 is 6.18 Å². The molecular formula is C16H13F3N2O2S. The number of ether oxygens (including phenoxy) is 1. The summed E-state index contributed by atoms with van der Waals surface area (Å²) in [6, 6.07) is 8.32. The number of H-pyrrole nitrogens is 1. The minimum Gasteiger partial charge on any atom is -0.612 e. The fourth-order valence-electron chi connectivity index (χ4n) is 2.36. The number of aromatic nitrogens is 2. The molecule has 0 spiro atoms. The van der Waals surface area contributed by atoms with Gasteiger partial charge in [0.25, 0.3) is 0 Å². The molecule has 0 aliphatic rings. The molecule has 1 N–H and O–H groups in total. The molecule has 126 valence electrons. The van der Waals surface area contributed by atoms with E-state index in [0.29, 0.717) is 27.5 Å². The average Bonchev–Trinajstić information content (AvgIpc) is 2.96. The second-order valence-corrected chi connectivity index (χ2v) is 6.51. The van der Waals surface area contributed by atoms with Crippen LogP contribution in [0, 0.1) is 0 Å². The summed E-state index contributed by atoms with van der Waals surface area (Å²) in [5.74, 6) is 0.826. The van der Waals surface area contributed by atoms with Crippen molar-refractivity contribution in [3.8, 4) is 17.1 Å². The molecule has 3 aromatic rings. The fourth-order valence-corrected chi connectivity index (χ4v) is 2.89. The maximum absolute atomic E-state index is 12.8. The Morgan fingerprint density at radius 2 is 1.92 bits per heavy atom. The summed E-state index contributed by atoms with van der Waals surface area (Å²) in [5.41, 5.74) is 0.529. The van der Waals surface area contributed by atoms with Gasteiger partial charge < -0.3 is 14.3 Å². The van der Waals surface area contributed by atoms with Crippen LogP contribution in [0.15, 0.2) is 41.3 Å². The molecule has 1 atom stereocenters. The number of fused-ring (bicyclic) bond motifs is 1. The Balaban J connectivity index is 2.09. The van der Waals surface area contributed by atoms with Gasteiger partial charge in [0.15, 0.2) is 4.90 Å². The Morgan fingerprint density at radius 3 is 2.54 bits per heavy atom. The van der Waals surface area contributed by atoms with Crippen LogP contribution in [0.1, 0.15) is 5.56 Å². The highest BCUT2D eigenvalue weighted by molar-refractivity contribution is 7.90. The number of alkyl halides is 3. The van der Waals surface area contributed by atoms with E-state index in [1.807, 2.05) is 0 Å². The van der Waals surface area contributed by atoms with E-state index in [-0.39, 0.29) is 5.52 Å². The maximum Gasteiger partial charge on any atom is 0.416 e. The van der Waals surface area contributed by atoms with Crippen LogP contribution >= 0.6 is 0 Å². The molecule has 1 unspecified atom stereocenters. The summed E-state index contributed by atoms with van der Waals surface area (Å²) in [6.07, 6.45) is -2.87. The van der Waals surface area contributed by atoms with Crippen LogP contribution in [0.5, 0.6) is 5.75 Å². The third kappa shape index (κ3) is 3.07. The lowest BCUT2D eigenvalue weighted by atomic mass is 10.2. The molecule has 24 heavy (non-hydrogen) atoms. The van der Waals surface area contributed by atoms with Crippen molar-refractivity contribution in [1.82, 2.24) is 9.97 Å². The van der Waals surface area contributed by atoms with Crippen LogP contribution < -0.4 is 4.74 Å². The van der Waals surface area contributed by atoms with Crippen molar-refractivity contribution >= 4 is 22.2 Å². The first kappa shape index (κ1) is 16.7. The Labute approximate surface area is 138 Å². The monoisotopic (exact) mass is 354 g/mol. The van der Waals surface area contributed by atoms with Crippen LogP contribution in [0.25, 0.3) is 22.4 Å². The number of nitrogens with zero attached hydrogens (tertiary/aromatic N) is 1. The Bertz CT molecular complexity index is 891. The topological polar surface area (TPSA) is 61.0 Å². The van der Waals surface area contributed by atoms with Gasteiger partial charge in [0.2, 0.25) is 0 Å². The van der Waals surface area contributed by atoms with Gasteiger partial charge in [-0.1, -0.05) is 0 Å². The molecule has 1 heterocycles. The highest BCUT2D eigenvalue weighted by Gasteiger charge is 2.30. The average molecular weight is 354 g/mol. The summed E-state index contributed by atoms with van der Waals surface area (Å²) in [6.45, 7) is 0. The van der Waals surface area contributed by atoms with Crippen LogP contribution in [-0.4, -0.2) is 27.9 Å². The second-order valence-electron chi connectivity index (χ2n) is 5.13. The Kier molecular flexibility index (Phi) is 4.18. The van der Waals surface area contributed by atoms with Crippen molar-refractivity contribution < 1.29 is 22.5 Å². The van der Waals surface area contributed by atoms with Crippen molar-refractivity contribution in [3.05, 3.63) is 42.0 Å². The van der Waals surface area contributed by atoms with E-state index in [9.17, 15) is 17.7 Å². The molecule has 0 saturated heterocycles. The molecule has 1 aromatic heterocycles. The van der Waals surface area contributed by atoms with E-state index in [1.54, 1.807) is 24.5 Å². The lowest BCUT2D eigenvalue weighted by molar-refractivity contribution is -0.137. The van der Waals surface area contributed by atoms with Crippen molar-refractivity contribution in [2.24, 2.45) is 0 Å². The van der Waals surface area contributed by atoms with Gasteiger partial charge in [-0.25, -0.2) is 4.98 Å². The molecule has 0 radical (unpaired) electrons. The van der Waals surface area contributed by atoms with Crippen molar-refractivity contribution in [2.45, 2.75) is 11.1 Å². The zero-order chi connectivity index (χ0) is 17.5. The standard InChI is InChI=1S/C16H13F3N2O2S/c1-23-14-8-10(24(2)22)4-5-11(14)15-20-12-6-3-9(16(17,18)19)7-13(12)21-15/h3-8H,1-2H3,(H,20,21). The first-order chi connectivity index (χ1) is 11.3. The number of hydrogen-bond donors (Lipinski definition) is 1. The lowest BCUT2D eigenvalue weighted by Crippen LogP contribution is -2.04. The predicted octanol–water partition coefficient (Wildman–Crippen LogP) is 3.99.